The molecular weight excluding hydrogens is 334 g/mol. The van der Waals surface area contributed by atoms with Gasteiger partial charge in [0, 0.05) is 17.6 Å². The van der Waals surface area contributed by atoms with Crippen molar-refractivity contribution < 1.29 is 9.53 Å². The fourth-order valence-electron chi connectivity index (χ4n) is 3.29. The van der Waals surface area contributed by atoms with E-state index in [1.165, 1.54) is 25.9 Å². The summed E-state index contributed by atoms with van der Waals surface area (Å²) in [4.78, 5) is 23.2. The number of hydrogen-bond acceptors (Lipinski definition) is 5. The highest BCUT2D eigenvalue weighted by atomic mass is 32.2. The Morgan fingerprint density at radius 1 is 1.12 bits per heavy atom. The van der Waals surface area contributed by atoms with Gasteiger partial charge >= 0.3 is 6.09 Å². The van der Waals surface area contributed by atoms with Crippen LogP contribution in [-0.2, 0) is 4.74 Å². The Kier molecular flexibility index (Phi) is 4.90. The van der Waals surface area contributed by atoms with Crippen molar-refractivity contribution in [1.29, 1.82) is 0 Å². The SMILES string of the molecule is O=C(OCCCN1CCCC1)N1c2ccccc2Sc2cccnc21. The smallest absolute Gasteiger partial charge is 0.420 e. The third-order valence-corrected chi connectivity index (χ3v) is 5.62. The molecule has 5 nitrogen and oxygen atoms in total. The van der Waals surface area contributed by atoms with Crippen LogP contribution in [0.3, 0.4) is 0 Å². The van der Waals surface area contributed by atoms with Crippen LogP contribution in [0.15, 0.2) is 52.4 Å². The van der Waals surface area contributed by atoms with Crippen molar-refractivity contribution in [2.75, 3.05) is 31.1 Å². The molecule has 0 bridgehead atoms. The summed E-state index contributed by atoms with van der Waals surface area (Å²) in [5, 5.41) is 0. The van der Waals surface area contributed by atoms with Gasteiger partial charge in [-0.2, -0.15) is 0 Å². The van der Waals surface area contributed by atoms with Gasteiger partial charge < -0.3 is 9.64 Å². The number of pyridine rings is 1. The fourth-order valence-corrected chi connectivity index (χ4v) is 4.32. The van der Waals surface area contributed by atoms with Crippen LogP contribution in [0.1, 0.15) is 19.3 Å². The van der Waals surface area contributed by atoms with E-state index < -0.39 is 0 Å². The number of carbonyl (C=O) groups is 1. The molecule has 0 N–H and O–H groups in total. The summed E-state index contributed by atoms with van der Waals surface area (Å²) in [6, 6.07) is 11.7. The van der Waals surface area contributed by atoms with Gasteiger partial charge in [-0.1, -0.05) is 23.9 Å². The third kappa shape index (κ3) is 3.50. The Morgan fingerprint density at radius 3 is 2.80 bits per heavy atom. The van der Waals surface area contributed by atoms with Crippen LogP contribution in [0, 0.1) is 0 Å². The summed E-state index contributed by atoms with van der Waals surface area (Å²) in [6.07, 6.45) is 4.79. The minimum absolute atomic E-state index is 0.353. The van der Waals surface area contributed by atoms with Gasteiger partial charge in [-0.15, -0.1) is 0 Å². The highest BCUT2D eigenvalue weighted by molar-refractivity contribution is 7.99. The lowest BCUT2D eigenvalue weighted by atomic mass is 10.2. The summed E-state index contributed by atoms with van der Waals surface area (Å²) in [6.45, 7) is 3.77. The largest absolute Gasteiger partial charge is 0.449 e. The first-order valence-corrected chi connectivity index (χ1v) is 9.56. The molecule has 25 heavy (non-hydrogen) atoms. The molecule has 0 atom stereocenters. The maximum Gasteiger partial charge on any atom is 0.420 e. The van der Waals surface area contributed by atoms with E-state index in [2.05, 4.69) is 9.88 Å². The fraction of sp³-hybridized carbons (Fsp3) is 0.368. The molecule has 0 saturated carbocycles. The van der Waals surface area contributed by atoms with E-state index in [-0.39, 0.29) is 6.09 Å². The van der Waals surface area contributed by atoms with Crippen LogP contribution >= 0.6 is 11.8 Å². The van der Waals surface area contributed by atoms with Crippen molar-refractivity contribution in [3.63, 3.8) is 0 Å². The molecule has 130 valence electrons. The van der Waals surface area contributed by atoms with Gasteiger partial charge in [0.05, 0.1) is 17.2 Å². The van der Waals surface area contributed by atoms with Crippen LogP contribution in [-0.4, -0.2) is 42.2 Å². The maximum absolute atomic E-state index is 12.8. The average Bonchev–Trinajstić information content (AvgIpc) is 3.16. The number of ether oxygens (including phenoxy) is 1. The molecule has 0 spiro atoms. The zero-order valence-corrected chi connectivity index (χ0v) is 14.9. The van der Waals surface area contributed by atoms with Crippen molar-refractivity contribution in [3.8, 4) is 0 Å². The van der Waals surface area contributed by atoms with Crippen molar-refractivity contribution in [2.24, 2.45) is 0 Å². The van der Waals surface area contributed by atoms with Gasteiger partial charge in [-0.3, -0.25) is 0 Å². The molecule has 6 heteroatoms. The molecule has 1 aromatic carbocycles. The molecule has 1 amide bonds. The van der Waals surface area contributed by atoms with Crippen LogP contribution < -0.4 is 4.90 Å². The normalized spacial score (nSPS) is 16.4. The van der Waals surface area contributed by atoms with E-state index in [0.717, 1.165) is 28.4 Å². The summed E-state index contributed by atoms with van der Waals surface area (Å²) >= 11 is 1.63. The van der Waals surface area contributed by atoms with E-state index in [1.807, 2.05) is 36.4 Å². The van der Waals surface area contributed by atoms with Gasteiger partial charge in [0.15, 0.2) is 5.82 Å². The Labute approximate surface area is 152 Å². The van der Waals surface area contributed by atoms with Gasteiger partial charge in [-0.05, 0) is 56.6 Å². The number of para-hydroxylation sites is 1. The highest BCUT2D eigenvalue weighted by Crippen LogP contribution is 2.46. The standard InChI is InChI=1S/C19H21N3O2S/c23-19(24-14-6-13-21-11-3-4-12-21)22-15-7-1-2-8-16(15)25-17-9-5-10-20-18(17)22/h1-2,5,7-10H,3-4,6,11-14H2. The van der Waals surface area contributed by atoms with E-state index in [9.17, 15) is 4.79 Å². The number of carbonyl (C=O) groups excluding carboxylic acids is 1. The number of benzene rings is 1. The molecular formula is C19H21N3O2S. The zero-order chi connectivity index (χ0) is 17.1. The molecule has 2 aliphatic rings. The van der Waals surface area contributed by atoms with Gasteiger partial charge in [0.1, 0.15) is 0 Å². The number of nitrogens with zero attached hydrogens (tertiary/aromatic N) is 3. The monoisotopic (exact) mass is 355 g/mol. The summed E-state index contributed by atoms with van der Waals surface area (Å²) in [7, 11) is 0. The summed E-state index contributed by atoms with van der Waals surface area (Å²) < 4.78 is 5.57. The Bertz CT molecular complexity index is 716. The van der Waals surface area contributed by atoms with E-state index in [4.69, 9.17) is 4.74 Å². The van der Waals surface area contributed by atoms with Gasteiger partial charge in [-0.25, -0.2) is 14.7 Å². The molecule has 3 heterocycles. The molecule has 1 aromatic heterocycles. The van der Waals surface area contributed by atoms with Crippen molar-refractivity contribution in [3.05, 3.63) is 42.6 Å². The first-order chi connectivity index (χ1) is 12.3. The zero-order valence-electron chi connectivity index (χ0n) is 14.1. The molecule has 1 saturated heterocycles. The van der Waals surface area contributed by atoms with Crippen molar-refractivity contribution >= 4 is 29.4 Å². The van der Waals surface area contributed by atoms with E-state index in [0.29, 0.717) is 12.4 Å². The highest BCUT2D eigenvalue weighted by Gasteiger charge is 2.30. The number of rotatable bonds is 4. The molecule has 4 rings (SSSR count). The second-order valence-electron chi connectivity index (χ2n) is 6.25. The second kappa shape index (κ2) is 7.45. The first kappa shape index (κ1) is 16.4. The van der Waals surface area contributed by atoms with Gasteiger partial charge in [0.25, 0.3) is 0 Å². The molecule has 0 unspecified atom stereocenters. The predicted octanol–water partition coefficient (Wildman–Crippen LogP) is 4.31. The number of amides is 1. The van der Waals surface area contributed by atoms with Crippen LogP contribution in [0.4, 0.5) is 16.3 Å². The van der Waals surface area contributed by atoms with Crippen LogP contribution in [0.2, 0.25) is 0 Å². The van der Waals surface area contributed by atoms with Crippen LogP contribution in [0.25, 0.3) is 0 Å². The summed E-state index contributed by atoms with van der Waals surface area (Å²) in [5.74, 6) is 0.649. The number of likely N-dealkylation sites (tertiary alicyclic amines) is 1. The maximum atomic E-state index is 12.8. The quantitative estimate of drug-likeness (QED) is 0.765. The Balaban J connectivity index is 1.46. The Hall–Kier alpha value is -2.05. The molecule has 0 aliphatic carbocycles. The predicted molar refractivity (Wildman–Crippen MR) is 98.6 cm³/mol. The second-order valence-corrected chi connectivity index (χ2v) is 7.33. The topological polar surface area (TPSA) is 45.7 Å². The molecule has 2 aromatic rings. The lowest BCUT2D eigenvalue weighted by Crippen LogP contribution is -2.31. The lowest BCUT2D eigenvalue weighted by Gasteiger charge is -2.29. The minimum atomic E-state index is -0.353. The van der Waals surface area contributed by atoms with E-state index in [1.54, 1.807) is 22.9 Å². The lowest BCUT2D eigenvalue weighted by molar-refractivity contribution is 0.149. The van der Waals surface area contributed by atoms with Gasteiger partial charge in [0.2, 0.25) is 0 Å². The van der Waals surface area contributed by atoms with Crippen LogP contribution in [0.5, 0.6) is 0 Å². The number of fused-ring (bicyclic) bond motifs is 2. The molecule has 1 fully saturated rings. The third-order valence-electron chi connectivity index (χ3n) is 4.51. The Morgan fingerprint density at radius 2 is 1.92 bits per heavy atom. The minimum Gasteiger partial charge on any atom is -0.449 e. The molecule has 2 aliphatic heterocycles. The van der Waals surface area contributed by atoms with E-state index >= 15 is 0 Å². The van der Waals surface area contributed by atoms with Crippen molar-refractivity contribution in [2.45, 2.75) is 29.1 Å². The molecule has 0 radical (unpaired) electrons. The number of hydrogen-bond donors (Lipinski definition) is 0. The summed E-state index contributed by atoms with van der Waals surface area (Å²) in [5.41, 5.74) is 0.836. The first-order valence-electron chi connectivity index (χ1n) is 8.74. The average molecular weight is 355 g/mol. The number of anilines is 2. The van der Waals surface area contributed by atoms with Crippen molar-refractivity contribution in [1.82, 2.24) is 9.88 Å². The number of aromatic nitrogens is 1.